The normalized spacial score (nSPS) is 20.0. The summed E-state index contributed by atoms with van der Waals surface area (Å²) in [5, 5.41) is 0. The van der Waals surface area contributed by atoms with Crippen LogP contribution in [-0.4, -0.2) is 10.8 Å². The van der Waals surface area contributed by atoms with Crippen molar-refractivity contribution in [3.8, 4) is 0 Å². The second-order valence-corrected chi connectivity index (χ2v) is 3.65. The molecule has 3 heteroatoms. The van der Waals surface area contributed by atoms with Crippen molar-refractivity contribution >= 4 is 23.0 Å². The van der Waals surface area contributed by atoms with E-state index >= 15 is 0 Å². The van der Waals surface area contributed by atoms with Gasteiger partial charge in [0.1, 0.15) is 0 Å². The molecule has 2 nitrogen and oxygen atoms in total. The summed E-state index contributed by atoms with van der Waals surface area (Å²) in [6, 6.07) is 7.70. The number of fused-ring (bicyclic) bond motifs is 1. The van der Waals surface area contributed by atoms with Gasteiger partial charge in [-0.05, 0) is 11.1 Å². The number of ketones is 1. The van der Waals surface area contributed by atoms with Crippen LogP contribution in [0.2, 0.25) is 0 Å². The van der Waals surface area contributed by atoms with Gasteiger partial charge in [-0.1, -0.05) is 36.5 Å². The fraction of sp³-hybridized carbons (Fsp3) is 0.200. The Labute approximate surface area is 81.7 Å². The van der Waals surface area contributed by atoms with E-state index in [1.807, 2.05) is 24.3 Å². The van der Waals surface area contributed by atoms with Crippen molar-refractivity contribution in [2.45, 2.75) is 12.3 Å². The van der Waals surface area contributed by atoms with E-state index in [0.29, 0.717) is 6.42 Å². The Hall–Kier alpha value is -1.22. The van der Waals surface area contributed by atoms with Crippen molar-refractivity contribution in [2.75, 3.05) is 0 Å². The largest absolute Gasteiger partial charge is 0.392 e. The molecule has 66 valence electrons. The van der Waals surface area contributed by atoms with Gasteiger partial charge in [0.25, 0.3) is 0 Å². The molecule has 0 spiro atoms. The molecule has 1 atom stereocenters. The Kier molecular flexibility index (Phi) is 1.88. The maximum Gasteiger partial charge on any atom is 0.151 e. The summed E-state index contributed by atoms with van der Waals surface area (Å²) < 4.78 is 0. The summed E-state index contributed by atoms with van der Waals surface area (Å²) in [5.41, 5.74) is 7.56. The number of carbonyl (C=O) groups excluding carboxylic acids is 1. The first-order valence-corrected chi connectivity index (χ1v) is 4.51. The second-order valence-electron chi connectivity index (χ2n) is 3.18. The van der Waals surface area contributed by atoms with Crippen LogP contribution in [0.4, 0.5) is 0 Å². The lowest BCUT2D eigenvalue weighted by Gasteiger charge is -2.06. The Morgan fingerprint density at radius 3 is 2.85 bits per heavy atom. The number of thiocarbonyl (C=S) groups is 1. The number of hydrogen-bond donors (Lipinski definition) is 1. The van der Waals surface area contributed by atoms with Crippen molar-refractivity contribution in [3.63, 3.8) is 0 Å². The predicted molar refractivity (Wildman–Crippen MR) is 54.7 cm³/mol. The molecule has 0 bridgehead atoms. The number of benzene rings is 1. The zero-order valence-electron chi connectivity index (χ0n) is 6.99. The quantitative estimate of drug-likeness (QED) is 0.678. The Balaban J connectivity index is 2.52. The van der Waals surface area contributed by atoms with E-state index in [4.69, 9.17) is 18.0 Å². The topological polar surface area (TPSA) is 43.1 Å². The van der Waals surface area contributed by atoms with Crippen molar-refractivity contribution in [3.05, 3.63) is 35.4 Å². The number of Topliss-reactive ketones (excluding diaryl/α,β-unsaturated/α-hetero) is 1. The van der Waals surface area contributed by atoms with E-state index in [2.05, 4.69) is 0 Å². The fourth-order valence-corrected chi connectivity index (χ4v) is 2.01. The first kappa shape index (κ1) is 8.38. The van der Waals surface area contributed by atoms with Crippen LogP contribution >= 0.6 is 12.2 Å². The smallest absolute Gasteiger partial charge is 0.151 e. The standard InChI is InChI=1S/C10H9NOS/c11-10(13)9-7-4-2-1-3-6(7)5-8(9)12/h1-4,9H,5H2,(H2,11,13). The van der Waals surface area contributed by atoms with Gasteiger partial charge < -0.3 is 5.73 Å². The van der Waals surface area contributed by atoms with Gasteiger partial charge in [-0.15, -0.1) is 0 Å². The first-order chi connectivity index (χ1) is 6.20. The molecular weight excluding hydrogens is 182 g/mol. The van der Waals surface area contributed by atoms with Gasteiger partial charge in [-0.25, -0.2) is 0 Å². The van der Waals surface area contributed by atoms with Crippen LogP contribution < -0.4 is 5.73 Å². The van der Waals surface area contributed by atoms with E-state index in [1.54, 1.807) is 0 Å². The molecular formula is C10H9NOS. The molecule has 0 radical (unpaired) electrons. The molecule has 2 rings (SSSR count). The number of carbonyl (C=O) groups is 1. The molecule has 0 aliphatic heterocycles. The summed E-state index contributed by atoms with van der Waals surface area (Å²) in [7, 11) is 0. The number of hydrogen-bond acceptors (Lipinski definition) is 2. The highest BCUT2D eigenvalue weighted by Gasteiger charge is 2.31. The average molecular weight is 191 g/mol. The highest BCUT2D eigenvalue weighted by atomic mass is 32.1. The zero-order valence-corrected chi connectivity index (χ0v) is 7.80. The van der Waals surface area contributed by atoms with Gasteiger partial charge in [0, 0.05) is 6.42 Å². The molecule has 0 fully saturated rings. The summed E-state index contributed by atoms with van der Waals surface area (Å²) in [6.45, 7) is 0. The van der Waals surface area contributed by atoms with Crippen LogP contribution in [0.25, 0.3) is 0 Å². The fourth-order valence-electron chi connectivity index (χ4n) is 1.75. The summed E-state index contributed by atoms with van der Waals surface area (Å²) >= 11 is 4.87. The van der Waals surface area contributed by atoms with Crippen LogP contribution in [0.3, 0.4) is 0 Å². The van der Waals surface area contributed by atoms with Gasteiger partial charge in [0.15, 0.2) is 5.78 Å². The lowest BCUT2D eigenvalue weighted by Crippen LogP contribution is -2.23. The number of nitrogens with two attached hydrogens (primary N) is 1. The highest BCUT2D eigenvalue weighted by Crippen LogP contribution is 2.30. The molecule has 0 heterocycles. The Morgan fingerprint density at radius 1 is 1.46 bits per heavy atom. The van der Waals surface area contributed by atoms with E-state index in [1.165, 1.54) is 0 Å². The van der Waals surface area contributed by atoms with Crippen LogP contribution in [0.5, 0.6) is 0 Å². The molecule has 0 aromatic heterocycles. The summed E-state index contributed by atoms with van der Waals surface area (Å²) in [5.74, 6) is -0.222. The lowest BCUT2D eigenvalue weighted by atomic mass is 10.0. The molecule has 1 aromatic carbocycles. The Bertz CT molecular complexity index is 386. The molecule has 0 amide bonds. The van der Waals surface area contributed by atoms with Gasteiger partial charge in [-0.3, -0.25) is 4.79 Å². The lowest BCUT2D eigenvalue weighted by molar-refractivity contribution is -0.117. The minimum atomic E-state index is -0.341. The van der Waals surface area contributed by atoms with Gasteiger partial charge >= 0.3 is 0 Å². The Morgan fingerprint density at radius 2 is 2.15 bits per heavy atom. The maximum atomic E-state index is 11.5. The molecule has 1 unspecified atom stereocenters. The molecule has 13 heavy (non-hydrogen) atoms. The molecule has 1 aliphatic rings. The van der Waals surface area contributed by atoms with Crippen molar-refractivity contribution in [2.24, 2.45) is 5.73 Å². The molecule has 0 saturated heterocycles. The van der Waals surface area contributed by atoms with Crippen molar-refractivity contribution in [1.82, 2.24) is 0 Å². The third-order valence-electron chi connectivity index (χ3n) is 2.34. The molecule has 2 N–H and O–H groups in total. The molecule has 1 aromatic rings. The minimum absolute atomic E-state index is 0.119. The van der Waals surface area contributed by atoms with E-state index in [-0.39, 0.29) is 16.7 Å². The molecule has 0 saturated carbocycles. The van der Waals surface area contributed by atoms with Gasteiger partial charge in [0.2, 0.25) is 0 Å². The van der Waals surface area contributed by atoms with Crippen LogP contribution in [0, 0.1) is 0 Å². The SMILES string of the molecule is NC(=S)C1C(=O)Cc2ccccc21. The predicted octanol–water partition coefficient (Wildman–Crippen LogP) is 1.18. The van der Waals surface area contributed by atoms with E-state index < -0.39 is 0 Å². The third-order valence-corrected chi connectivity index (χ3v) is 2.57. The minimum Gasteiger partial charge on any atom is -0.392 e. The summed E-state index contributed by atoms with van der Waals surface area (Å²) in [4.78, 5) is 11.8. The monoisotopic (exact) mass is 191 g/mol. The number of rotatable bonds is 1. The van der Waals surface area contributed by atoms with Crippen molar-refractivity contribution < 1.29 is 4.79 Å². The van der Waals surface area contributed by atoms with Crippen LogP contribution in [0.1, 0.15) is 17.0 Å². The average Bonchev–Trinajstić information content (AvgIpc) is 2.39. The van der Waals surface area contributed by atoms with Crippen molar-refractivity contribution in [1.29, 1.82) is 0 Å². The third kappa shape index (κ3) is 1.25. The van der Waals surface area contributed by atoms with Crippen LogP contribution in [0.15, 0.2) is 24.3 Å². The van der Waals surface area contributed by atoms with Gasteiger partial charge in [0.05, 0.1) is 10.9 Å². The second kappa shape index (κ2) is 2.92. The van der Waals surface area contributed by atoms with Gasteiger partial charge in [-0.2, -0.15) is 0 Å². The summed E-state index contributed by atoms with van der Waals surface area (Å²) in [6.07, 6.45) is 0.470. The van der Waals surface area contributed by atoms with E-state index in [9.17, 15) is 4.79 Å². The first-order valence-electron chi connectivity index (χ1n) is 4.10. The highest BCUT2D eigenvalue weighted by molar-refractivity contribution is 7.80. The molecule has 1 aliphatic carbocycles. The van der Waals surface area contributed by atoms with Crippen LogP contribution in [-0.2, 0) is 11.2 Å². The zero-order chi connectivity index (χ0) is 9.42. The maximum absolute atomic E-state index is 11.5. The van der Waals surface area contributed by atoms with E-state index in [0.717, 1.165) is 11.1 Å².